The molecule has 3 N–H and O–H groups in total. The number of nitrogens with one attached hydrogen (secondary N) is 1. The van der Waals surface area contributed by atoms with Gasteiger partial charge in [-0.25, -0.2) is 9.59 Å². The van der Waals surface area contributed by atoms with Crippen molar-refractivity contribution in [1.29, 1.82) is 0 Å². The summed E-state index contributed by atoms with van der Waals surface area (Å²) in [6.07, 6.45) is 0.958. The molecule has 0 aromatic heterocycles. The summed E-state index contributed by atoms with van der Waals surface area (Å²) in [6, 6.07) is -0.384. The number of nitrogens with zero attached hydrogens (tertiary/aromatic N) is 1. The number of aliphatic hydroxyl groups excluding tert-OH is 1. The topological polar surface area (TPSA) is 99.1 Å². The molecule has 0 atom stereocenters. The van der Waals surface area contributed by atoms with E-state index >= 15 is 0 Å². The highest BCUT2D eigenvalue weighted by Crippen LogP contribution is 2.35. The van der Waals surface area contributed by atoms with Gasteiger partial charge in [-0.15, -0.1) is 0 Å². The van der Waals surface area contributed by atoms with Crippen LogP contribution >= 0.6 is 0 Å². The minimum atomic E-state index is -1.06. The summed E-state index contributed by atoms with van der Waals surface area (Å²) in [5, 5.41) is 20.0. The molecule has 0 unspecified atom stereocenters. The van der Waals surface area contributed by atoms with Gasteiger partial charge < -0.3 is 25.2 Å². The molecule has 0 aromatic carbocycles. The highest BCUT2D eigenvalue weighted by Gasteiger charge is 2.52. The molecule has 2 amide bonds. The third-order valence-corrected chi connectivity index (χ3v) is 2.92. The smallest absolute Gasteiger partial charge is 0.329 e. The second-order valence-corrected chi connectivity index (χ2v) is 4.23. The average molecular weight is 260 g/mol. The predicted molar refractivity (Wildman–Crippen MR) is 63.3 cm³/mol. The van der Waals surface area contributed by atoms with Gasteiger partial charge in [-0.2, -0.15) is 0 Å². The maximum atomic E-state index is 11.8. The van der Waals surface area contributed by atoms with E-state index in [9.17, 15) is 9.59 Å². The van der Waals surface area contributed by atoms with E-state index in [0.717, 1.165) is 0 Å². The van der Waals surface area contributed by atoms with Crippen LogP contribution in [0, 0.1) is 0 Å². The fraction of sp³-hybridized carbons (Fsp3) is 0.818. The normalized spacial score (nSPS) is 16.1. The van der Waals surface area contributed by atoms with Crippen molar-refractivity contribution in [3.05, 3.63) is 0 Å². The van der Waals surface area contributed by atoms with Crippen molar-refractivity contribution in [3.63, 3.8) is 0 Å². The Kier molecular flexibility index (Phi) is 5.36. The minimum absolute atomic E-state index is 0.0551. The van der Waals surface area contributed by atoms with E-state index in [0.29, 0.717) is 32.5 Å². The number of carbonyl (C=O) groups excluding carboxylic acids is 1. The fourth-order valence-electron chi connectivity index (χ4n) is 1.55. The molecule has 7 nitrogen and oxygen atoms in total. The first-order valence-electron chi connectivity index (χ1n) is 6.05. The first-order chi connectivity index (χ1) is 8.55. The zero-order valence-corrected chi connectivity index (χ0v) is 10.5. The molecule has 1 saturated carbocycles. The van der Waals surface area contributed by atoms with Crippen LogP contribution in [-0.2, 0) is 9.53 Å². The Hall–Kier alpha value is -1.34. The molecule has 0 aromatic rings. The van der Waals surface area contributed by atoms with Gasteiger partial charge in [0.1, 0.15) is 5.54 Å². The van der Waals surface area contributed by atoms with Crippen molar-refractivity contribution in [3.8, 4) is 0 Å². The Morgan fingerprint density at radius 1 is 1.39 bits per heavy atom. The van der Waals surface area contributed by atoms with Crippen LogP contribution < -0.4 is 5.32 Å². The molecule has 1 rings (SSSR count). The Morgan fingerprint density at radius 2 is 2.06 bits per heavy atom. The van der Waals surface area contributed by atoms with Crippen LogP contribution in [0.15, 0.2) is 0 Å². The number of hydrogen-bond donors (Lipinski definition) is 3. The summed E-state index contributed by atoms with van der Waals surface area (Å²) in [7, 11) is 0. The fourth-order valence-corrected chi connectivity index (χ4v) is 1.55. The van der Waals surface area contributed by atoms with Gasteiger partial charge in [0.25, 0.3) is 0 Å². The van der Waals surface area contributed by atoms with Crippen LogP contribution in [-0.4, -0.2) is 65.6 Å². The molecular formula is C11H20N2O5. The lowest BCUT2D eigenvalue weighted by Crippen LogP contribution is -2.50. The number of likely N-dealkylation sites (N-methyl/N-ethyl adjacent to an activating group) is 1. The number of carboxylic acids is 1. The zero-order chi connectivity index (χ0) is 13.6. The molecule has 104 valence electrons. The maximum Gasteiger partial charge on any atom is 0.329 e. The van der Waals surface area contributed by atoms with E-state index in [4.69, 9.17) is 14.9 Å². The number of rotatable bonds is 8. The molecule has 0 spiro atoms. The number of aliphatic hydroxyl groups is 1. The van der Waals surface area contributed by atoms with Crippen molar-refractivity contribution in [1.82, 2.24) is 10.2 Å². The summed E-state index contributed by atoms with van der Waals surface area (Å²) >= 11 is 0. The van der Waals surface area contributed by atoms with Crippen molar-refractivity contribution in [2.24, 2.45) is 0 Å². The average Bonchev–Trinajstić information content (AvgIpc) is 3.10. The summed E-state index contributed by atoms with van der Waals surface area (Å²) < 4.78 is 5.07. The Balaban J connectivity index is 2.35. The predicted octanol–water partition coefficient (Wildman–Crippen LogP) is -0.356. The monoisotopic (exact) mass is 260 g/mol. The first kappa shape index (κ1) is 14.7. The van der Waals surface area contributed by atoms with Gasteiger partial charge in [-0.05, 0) is 19.8 Å². The van der Waals surface area contributed by atoms with Crippen LogP contribution in [0.25, 0.3) is 0 Å². The van der Waals surface area contributed by atoms with Gasteiger partial charge >= 0.3 is 12.0 Å². The van der Waals surface area contributed by atoms with Gasteiger partial charge in [0.05, 0.1) is 19.8 Å². The number of aliphatic carboxylic acids is 1. The number of amides is 2. The number of urea groups is 1. The van der Waals surface area contributed by atoms with Crippen LogP contribution in [0.4, 0.5) is 4.79 Å². The molecule has 0 aliphatic heterocycles. The van der Waals surface area contributed by atoms with Crippen LogP contribution in [0.3, 0.4) is 0 Å². The third-order valence-electron chi connectivity index (χ3n) is 2.92. The highest BCUT2D eigenvalue weighted by atomic mass is 16.5. The van der Waals surface area contributed by atoms with Gasteiger partial charge in [-0.3, -0.25) is 0 Å². The van der Waals surface area contributed by atoms with Crippen molar-refractivity contribution < 1.29 is 24.5 Å². The van der Waals surface area contributed by atoms with E-state index in [1.165, 1.54) is 4.90 Å². The molecule has 18 heavy (non-hydrogen) atoms. The highest BCUT2D eigenvalue weighted by molar-refractivity contribution is 5.88. The number of carbonyl (C=O) groups is 2. The van der Waals surface area contributed by atoms with E-state index in [-0.39, 0.29) is 19.2 Å². The first-order valence-corrected chi connectivity index (χ1v) is 6.05. The van der Waals surface area contributed by atoms with Gasteiger partial charge in [-0.1, -0.05) is 0 Å². The zero-order valence-electron chi connectivity index (χ0n) is 10.5. The lowest BCUT2D eigenvalue weighted by atomic mass is 10.3. The quantitative estimate of drug-likeness (QED) is 0.518. The number of hydrogen-bond acceptors (Lipinski definition) is 4. The van der Waals surface area contributed by atoms with Crippen molar-refractivity contribution in [2.75, 3.05) is 32.9 Å². The molecule has 0 heterocycles. The number of carboxylic acid groups (broad SMARTS) is 1. The summed E-state index contributed by atoms with van der Waals surface area (Å²) in [5.41, 5.74) is -1.06. The second-order valence-electron chi connectivity index (χ2n) is 4.23. The van der Waals surface area contributed by atoms with Crippen molar-refractivity contribution >= 4 is 12.0 Å². The lowest BCUT2D eigenvalue weighted by Gasteiger charge is -2.23. The molecular weight excluding hydrogens is 240 g/mol. The van der Waals surface area contributed by atoms with Crippen LogP contribution in [0.5, 0.6) is 0 Å². The third kappa shape index (κ3) is 3.85. The number of ether oxygens (including phenoxy) is 1. The van der Waals surface area contributed by atoms with Gasteiger partial charge in [0.2, 0.25) is 0 Å². The molecule has 0 radical (unpaired) electrons. The molecule has 7 heteroatoms. The van der Waals surface area contributed by atoms with E-state index in [2.05, 4.69) is 5.32 Å². The van der Waals surface area contributed by atoms with E-state index < -0.39 is 11.5 Å². The molecule has 0 saturated heterocycles. The Bertz CT molecular complexity index is 304. The van der Waals surface area contributed by atoms with Crippen LogP contribution in [0.1, 0.15) is 19.8 Å². The van der Waals surface area contributed by atoms with Crippen LogP contribution in [0.2, 0.25) is 0 Å². The molecule has 1 fully saturated rings. The summed E-state index contributed by atoms with van der Waals surface area (Å²) in [4.78, 5) is 24.3. The standard InChI is InChI=1S/C11H20N2O5/c1-2-13(5-7-18-8-6-14)10(17)12-11(3-4-11)9(15)16/h14H,2-8H2,1H3,(H,12,17)(H,15,16). The van der Waals surface area contributed by atoms with Gasteiger partial charge in [0, 0.05) is 13.1 Å². The summed E-state index contributed by atoms with van der Waals surface area (Å²) in [5.74, 6) is -0.983. The van der Waals surface area contributed by atoms with E-state index in [1.807, 2.05) is 6.92 Å². The Labute approximate surface area is 106 Å². The molecule has 1 aliphatic rings. The molecule has 0 bridgehead atoms. The largest absolute Gasteiger partial charge is 0.480 e. The summed E-state index contributed by atoms with van der Waals surface area (Å²) in [6.45, 7) is 3.16. The molecule has 1 aliphatic carbocycles. The van der Waals surface area contributed by atoms with Crippen molar-refractivity contribution in [2.45, 2.75) is 25.3 Å². The Morgan fingerprint density at radius 3 is 2.50 bits per heavy atom. The van der Waals surface area contributed by atoms with E-state index in [1.54, 1.807) is 0 Å². The lowest BCUT2D eigenvalue weighted by molar-refractivity contribution is -0.140. The maximum absolute atomic E-state index is 11.8. The van der Waals surface area contributed by atoms with Gasteiger partial charge in [0.15, 0.2) is 0 Å². The SMILES string of the molecule is CCN(CCOCCO)C(=O)NC1(C(=O)O)CC1. The minimum Gasteiger partial charge on any atom is -0.480 e. The second kappa shape index (κ2) is 6.55.